The monoisotopic (exact) mass is 259 g/mol. The molecule has 0 saturated heterocycles. The van der Waals surface area contributed by atoms with Gasteiger partial charge < -0.3 is 5.32 Å². The summed E-state index contributed by atoms with van der Waals surface area (Å²) in [5.74, 6) is 0.969. The van der Waals surface area contributed by atoms with Crippen molar-refractivity contribution in [3.05, 3.63) is 35.4 Å². The van der Waals surface area contributed by atoms with Crippen LogP contribution in [0, 0.1) is 12.8 Å². The molecule has 2 rings (SSSR count). The molecule has 1 aliphatic carbocycles. The highest BCUT2D eigenvalue weighted by atomic mass is 16.1. The largest absolute Gasteiger partial charge is 0.349 e. The highest BCUT2D eigenvalue weighted by Gasteiger charge is 2.22. The quantitative estimate of drug-likeness (QED) is 0.867. The molecule has 0 unspecified atom stereocenters. The number of rotatable bonds is 4. The maximum absolute atomic E-state index is 12.1. The number of nitrogens with one attached hydrogen (secondary N) is 1. The van der Waals surface area contributed by atoms with Crippen molar-refractivity contribution in [2.45, 2.75) is 58.4 Å². The standard InChI is InChI=1S/C17H25NO/c1-3-4-14-7-11-16(12-8-14)18-17(19)15-9-5-13(2)6-10-15/h5-6,9-10,14,16H,3-4,7-8,11-12H2,1-2H3,(H,18,19). The Bertz CT molecular complexity index is 402. The lowest BCUT2D eigenvalue weighted by atomic mass is 9.83. The summed E-state index contributed by atoms with van der Waals surface area (Å²) in [5.41, 5.74) is 1.97. The number of carbonyl (C=O) groups is 1. The third-order valence-electron chi connectivity index (χ3n) is 4.19. The highest BCUT2D eigenvalue weighted by Crippen LogP contribution is 2.27. The van der Waals surface area contributed by atoms with E-state index in [1.54, 1.807) is 0 Å². The lowest BCUT2D eigenvalue weighted by Crippen LogP contribution is -2.37. The zero-order chi connectivity index (χ0) is 13.7. The number of hydrogen-bond donors (Lipinski definition) is 1. The molecule has 0 heterocycles. The van der Waals surface area contributed by atoms with E-state index in [4.69, 9.17) is 0 Å². The topological polar surface area (TPSA) is 29.1 Å². The van der Waals surface area contributed by atoms with Crippen molar-refractivity contribution in [3.8, 4) is 0 Å². The molecule has 0 atom stereocenters. The van der Waals surface area contributed by atoms with Crippen LogP contribution in [0.4, 0.5) is 0 Å². The molecule has 0 spiro atoms. The first-order valence-corrected chi connectivity index (χ1v) is 7.56. The second-order valence-electron chi connectivity index (χ2n) is 5.85. The molecule has 0 aliphatic heterocycles. The summed E-state index contributed by atoms with van der Waals surface area (Å²) in [4.78, 5) is 12.1. The maximum atomic E-state index is 12.1. The summed E-state index contributed by atoms with van der Waals surface area (Å²) >= 11 is 0. The molecule has 0 bridgehead atoms. The van der Waals surface area contributed by atoms with Crippen LogP contribution in [0.3, 0.4) is 0 Å². The van der Waals surface area contributed by atoms with Crippen molar-refractivity contribution in [3.63, 3.8) is 0 Å². The van der Waals surface area contributed by atoms with Gasteiger partial charge in [0, 0.05) is 11.6 Å². The van der Waals surface area contributed by atoms with Crippen molar-refractivity contribution in [1.82, 2.24) is 5.32 Å². The number of carbonyl (C=O) groups excluding carboxylic acids is 1. The second kappa shape index (κ2) is 6.74. The van der Waals surface area contributed by atoms with Crippen LogP contribution in [0.5, 0.6) is 0 Å². The van der Waals surface area contributed by atoms with Crippen LogP contribution < -0.4 is 5.32 Å². The van der Waals surface area contributed by atoms with Gasteiger partial charge in [0.15, 0.2) is 0 Å². The van der Waals surface area contributed by atoms with Gasteiger partial charge in [-0.15, -0.1) is 0 Å². The Labute approximate surface area is 116 Å². The third-order valence-corrected chi connectivity index (χ3v) is 4.19. The Morgan fingerprint density at radius 3 is 2.37 bits per heavy atom. The first-order chi connectivity index (χ1) is 9.19. The number of aryl methyl sites for hydroxylation is 1. The van der Waals surface area contributed by atoms with Gasteiger partial charge in [-0.25, -0.2) is 0 Å². The molecule has 1 amide bonds. The lowest BCUT2D eigenvalue weighted by Gasteiger charge is -2.29. The Morgan fingerprint density at radius 2 is 1.79 bits per heavy atom. The van der Waals surface area contributed by atoms with Crippen molar-refractivity contribution in [2.24, 2.45) is 5.92 Å². The lowest BCUT2D eigenvalue weighted by molar-refractivity contribution is 0.0921. The number of benzene rings is 1. The zero-order valence-corrected chi connectivity index (χ0v) is 12.1. The minimum Gasteiger partial charge on any atom is -0.349 e. The molecule has 1 aliphatic rings. The fourth-order valence-corrected chi connectivity index (χ4v) is 2.98. The average molecular weight is 259 g/mol. The van der Waals surface area contributed by atoms with Crippen LogP contribution in [-0.4, -0.2) is 11.9 Å². The minimum absolute atomic E-state index is 0.0824. The Hall–Kier alpha value is -1.31. The Kier molecular flexibility index (Phi) is 5.00. The minimum atomic E-state index is 0.0824. The predicted molar refractivity (Wildman–Crippen MR) is 79.3 cm³/mol. The third kappa shape index (κ3) is 4.09. The van der Waals surface area contributed by atoms with Crippen LogP contribution >= 0.6 is 0 Å². The van der Waals surface area contributed by atoms with Gasteiger partial charge in [-0.2, -0.15) is 0 Å². The zero-order valence-electron chi connectivity index (χ0n) is 12.1. The smallest absolute Gasteiger partial charge is 0.251 e. The van der Waals surface area contributed by atoms with E-state index in [1.807, 2.05) is 31.2 Å². The molecule has 19 heavy (non-hydrogen) atoms. The molecular weight excluding hydrogens is 234 g/mol. The van der Waals surface area contributed by atoms with Crippen molar-refractivity contribution < 1.29 is 4.79 Å². The summed E-state index contributed by atoms with van der Waals surface area (Å²) in [6.45, 7) is 4.29. The van der Waals surface area contributed by atoms with Crippen molar-refractivity contribution in [1.29, 1.82) is 0 Å². The van der Waals surface area contributed by atoms with E-state index < -0.39 is 0 Å². The van der Waals surface area contributed by atoms with Crippen LogP contribution in [-0.2, 0) is 0 Å². The van der Waals surface area contributed by atoms with Crippen LogP contribution in [0.15, 0.2) is 24.3 Å². The van der Waals surface area contributed by atoms with E-state index in [1.165, 1.54) is 31.2 Å². The summed E-state index contributed by atoms with van der Waals surface area (Å²) < 4.78 is 0. The molecule has 0 aromatic heterocycles. The second-order valence-corrected chi connectivity index (χ2v) is 5.85. The Morgan fingerprint density at radius 1 is 1.16 bits per heavy atom. The summed E-state index contributed by atoms with van der Waals surface area (Å²) in [7, 11) is 0. The average Bonchev–Trinajstić information content (AvgIpc) is 2.42. The number of hydrogen-bond acceptors (Lipinski definition) is 1. The first kappa shape index (κ1) is 14.1. The van der Waals surface area contributed by atoms with E-state index in [0.717, 1.165) is 24.3 Å². The fourth-order valence-electron chi connectivity index (χ4n) is 2.98. The molecule has 1 aromatic rings. The van der Waals surface area contributed by atoms with Gasteiger partial charge in [0.05, 0.1) is 0 Å². The van der Waals surface area contributed by atoms with Crippen LogP contribution in [0.25, 0.3) is 0 Å². The van der Waals surface area contributed by atoms with E-state index in [-0.39, 0.29) is 5.91 Å². The van der Waals surface area contributed by atoms with E-state index in [0.29, 0.717) is 6.04 Å². The van der Waals surface area contributed by atoms with Gasteiger partial charge in [-0.3, -0.25) is 4.79 Å². The highest BCUT2D eigenvalue weighted by molar-refractivity contribution is 5.94. The fraction of sp³-hybridized carbons (Fsp3) is 0.588. The predicted octanol–water partition coefficient (Wildman–Crippen LogP) is 4.08. The first-order valence-electron chi connectivity index (χ1n) is 7.56. The molecule has 1 N–H and O–H groups in total. The van der Waals surface area contributed by atoms with Crippen molar-refractivity contribution in [2.75, 3.05) is 0 Å². The van der Waals surface area contributed by atoms with E-state index in [9.17, 15) is 4.79 Å². The van der Waals surface area contributed by atoms with Gasteiger partial charge in [-0.05, 0) is 50.7 Å². The SMILES string of the molecule is CCCC1CCC(NC(=O)c2ccc(C)cc2)CC1. The molecule has 104 valence electrons. The molecular formula is C17H25NO. The van der Waals surface area contributed by atoms with Gasteiger partial charge in [0.1, 0.15) is 0 Å². The summed E-state index contributed by atoms with van der Waals surface area (Å²) in [5, 5.41) is 3.18. The molecule has 1 fully saturated rings. The molecule has 0 radical (unpaired) electrons. The van der Waals surface area contributed by atoms with Gasteiger partial charge in [-0.1, -0.05) is 37.5 Å². The van der Waals surface area contributed by atoms with Crippen LogP contribution in [0.1, 0.15) is 61.4 Å². The van der Waals surface area contributed by atoms with E-state index >= 15 is 0 Å². The van der Waals surface area contributed by atoms with Gasteiger partial charge in [0.2, 0.25) is 0 Å². The number of amides is 1. The Balaban J connectivity index is 1.82. The van der Waals surface area contributed by atoms with Crippen molar-refractivity contribution >= 4 is 5.91 Å². The molecule has 2 heteroatoms. The summed E-state index contributed by atoms with van der Waals surface area (Å²) in [6, 6.07) is 8.18. The molecule has 1 saturated carbocycles. The van der Waals surface area contributed by atoms with Gasteiger partial charge in [0.25, 0.3) is 5.91 Å². The summed E-state index contributed by atoms with van der Waals surface area (Å²) in [6.07, 6.45) is 7.45. The van der Waals surface area contributed by atoms with E-state index in [2.05, 4.69) is 12.2 Å². The molecule has 2 nitrogen and oxygen atoms in total. The van der Waals surface area contributed by atoms with Crippen LogP contribution in [0.2, 0.25) is 0 Å². The van der Waals surface area contributed by atoms with Gasteiger partial charge >= 0.3 is 0 Å². The normalized spacial score (nSPS) is 23.1. The maximum Gasteiger partial charge on any atom is 0.251 e. The molecule has 1 aromatic carbocycles.